The summed E-state index contributed by atoms with van der Waals surface area (Å²) in [4.78, 5) is 23.7. The molecule has 26 heavy (non-hydrogen) atoms. The molecule has 0 aliphatic heterocycles. The van der Waals surface area contributed by atoms with Gasteiger partial charge in [0.1, 0.15) is 12.3 Å². The van der Waals surface area contributed by atoms with Crippen molar-refractivity contribution in [2.45, 2.75) is 31.4 Å². The van der Waals surface area contributed by atoms with Gasteiger partial charge in [-0.05, 0) is 38.1 Å². The number of hydrogen-bond acceptors (Lipinski definition) is 6. The molecule has 0 fully saturated rings. The molecule has 0 spiro atoms. The van der Waals surface area contributed by atoms with Gasteiger partial charge >= 0.3 is 5.97 Å². The molecule has 2 aromatic rings. The molecule has 9 heteroatoms. The number of carbonyl (C=O) groups excluding carboxylic acids is 2. The van der Waals surface area contributed by atoms with Crippen molar-refractivity contribution in [3.63, 3.8) is 0 Å². The minimum Gasteiger partial charge on any atom is -0.467 e. The third-order valence-electron chi connectivity index (χ3n) is 3.43. The molecule has 140 valence electrons. The van der Waals surface area contributed by atoms with E-state index in [4.69, 9.17) is 9.15 Å². The van der Waals surface area contributed by atoms with Gasteiger partial charge in [0, 0.05) is 0 Å². The van der Waals surface area contributed by atoms with Gasteiger partial charge in [-0.15, -0.1) is 0 Å². The quantitative estimate of drug-likeness (QED) is 0.663. The topological polar surface area (TPSA) is 115 Å². The Labute approximate surface area is 151 Å². The molecule has 2 N–H and O–H groups in total. The van der Waals surface area contributed by atoms with Gasteiger partial charge in [0.05, 0.1) is 17.7 Å². The molecule has 0 radical (unpaired) electrons. The van der Waals surface area contributed by atoms with Gasteiger partial charge < -0.3 is 14.5 Å². The molecule has 0 saturated heterocycles. The van der Waals surface area contributed by atoms with Gasteiger partial charge in [-0.2, -0.15) is 4.72 Å². The van der Waals surface area contributed by atoms with Crippen molar-refractivity contribution >= 4 is 21.9 Å². The molecule has 2 rings (SSSR count). The fourth-order valence-corrected chi connectivity index (χ4v) is 2.95. The minimum atomic E-state index is -3.83. The predicted molar refractivity (Wildman–Crippen MR) is 92.5 cm³/mol. The van der Waals surface area contributed by atoms with E-state index < -0.39 is 34.5 Å². The summed E-state index contributed by atoms with van der Waals surface area (Å²) >= 11 is 0. The number of amides is 1. The maximum Gasteiger partial charge on any atom is 0.321 e. The molecule has 0 saturated carbocycles. The van der Waals surface area contributed by atoms with E-state index in [0.29, 0.717) is 5.76 Å². The summed E-state index contributed by atoms with van der Waals surface area (Å²) in [6.07, 6.45) is 0.409. The van der Waals surface area contributed by atoms with E-state index in [2.05, 4.69) is 10.0 Å². The van der Waals surface area contributed by atoms with Crippen LogP contribution in [-0.4, -0.2) is 32.9 Å². The zero-order chi connectivity index (χ0) is 19.2. The Balaban J connectivity index is 1.80. The number of hydrogen-bond donors (Lipinski definition) is 2. The number of benzene rings is 1. The third kappa shape index (κ3) is 5.71. The lowest BCUT2D eigenvalue weighted by atomic mass is 10.2. The van der Waals surface area contributed by atoms with E-state index in [-0.39, 0.29) is 11.4 Å². The van der Waals surface area contributed by atoms with Gasteiger partial charge in [-0.1, -0.05) is 17.7 Å². The first-order valence-corrected chi connectivity index (χ1v) is 9.32. The number of rotatable bonds is 8. The van der Waals surface area contributed by atoms with Crippen LogP contribution in [-0.2, 0) is 30.9 Å². The summed E-state index contributed by atoms with van der Waals surface area (Å²) in [6, 6.07) is 9.56. The van der Waals surface area contributed by atoms with Crippen molar-refractivity contribution in [2.75, 3.05) is 6.54 Å². The van der Waals surface area contributed by atoms with Crippen LogP contribution >= 0.6 is 0 Å². The number of aryl methyl sites for hydroxylation is 1. The van der Waals surface area contributed by atoms with Crippen molar-refractivity contribution in [3.05, 3.63) is 54.0 Å². The SMILES string of the molecule is Cc1ccc(S(=O)(=O)NCC(=O)O[C@H](C)C(=O)NCc2ccco2)cc1. The van der Waals surface area contributed by atoms with Crippen molar-refractivity contribution in [1.29, 1.82) is 0 Å². The van der Waals surface area contributed by atoms with Gasteiger partial charge in [-0.3, -0.25) is 9.59 Å². The molecule has 0 aliphatic carbocycles. The smallest absolute Gasteiger partial charge is 0.321 e. The van der Waals surface area contributed by atoms with Gasteiger partial charge in [0.25, 0.3) is 5.91 Å². The summed E-state index contributed by atoms with van der Waals surface area (Å²) in [5, 5.41) is 2.55. The second kappa shape index (κ2) is 8.63. The summed E-state index contributed by atoms with van der Waals surface area (Å²) in [5.41, 5.74) is 0.915. The van der Waals surface area contributed by atoms with Crippen molar-refractivity contribution in [3.8, 4) is 0 Å². The van der Waals surface area contributed by atoms with E-state index >= 15 is 0 Å². The monoisotopic (exact) mass is 380 g/mol. The van der Waals surface area contributed by atoms with E-state index in [1.54, 1.807) is 24.3 Å². The summed E-state index contributed by atoms with van der Waals surface area (Å²) < 4.78 is 36.3. The fraction of sp³-hybridized carbons (Fsp3) is 0.294. The van der Waals surface area contributed by atoms with Crippen LogP contribution in [0, 0.1) is 6.92 Å². The number of esters is 1. The van der Waals surface area contributed by atoms with E-state index in [1.165, 1.54) is 25.3 Å². The van der Waals surface area contributed by atoms with Gasteiger partial charge in [0.2, 0.25) is 10.0 Å². The van der Waals surface area contributed by atoms with Crippen molar-refractivity contribution in [2.24, 2.45) is 0 Å². The summed E-state index contributed by atoms with van der Waals surface area (Å²) in [6.45, 7) is 2.81. The molecule has 0 bridgehead atoms. The Morgan fingerprint density at radius 1 is 1.19 bits per heavy atom. The first-order chi connectivity index (χ1) is 12.3. The van der Waals surface area contributed by atoms with Crippen LogP contribution in [0.3, 0.4) is 0 Å². The summed E-state index contributed by atoms with van der Waals surface area (Å²) in [7, 11) is -3.83. The van der Waals surface area contributed by atoms with Gasteiger partial charge in [-0.25, -0.2) is 8.42 Å². The maximum atomic E-state index is 12.1. The number of ether oxygens (including phenoxy) is 1. The number of nitrogens with one attached hydrogen (secondary N) is 2. The van der Waals surface area contributed by atoms with Crippen LogP contribution < -0.4 is 10.0 Å². The number of furan rings is 1. The highest BCUT2D eigenvalue weighted by Crippen LogP contribution is 2.09. The van der Waals surface area contributed by atoms with Crippen molar-refractivity contribution in [1.82, 2.24) is 10.0 Å². The highest BCUT2D eigenvalue weighted by molar-refractivity contribution is 7.89. The Bertz CT molecular complexity index is 844. The molecule has 0 aliphatic rings. The first-order valence-electron chi connectivity index (χ1n) is 7.84. The average molecular weight is 380 g/mol. The molecular weight excluding hydrogens is 360 g/mol. The lowest BCUT2D eigenvalue weighted by Crippen LogP contribution is -2.38. The van der Waals surface area contributed by atoms with E-state index in [9.17, 15) is 18.0 Å². The van der Waals surface area contributed by atoms with Crippen LogP contribution in [0.4, 0.5) is 0 Å². The lowest BCUT2D eigenvalue weighted by Gasteiger charge is -2.13. The molecule has 0 unspecified atom stereocenters. The molecule has 1 heterocycles. The second-order valence-corrected chi connectivity index (χ2v) is 7.33. The largest absolute Gasteiger partial charge is 0.467 e. The molecule has 8 nitrogen and oxygen atoms in total. The standard InChI is InChI=1S/C17H20N2O6S/c1-12-5-7-15(8-6-12)26(22,23)19-11-16(20)25-13(2)17(21)18-10-14-4-3-9-24-14/h3-9,13,19H,10-11H2,1-2H3,(H,18,21)/t13-/m1/s1. The molecule has 1 atom stereocenters. The Hall–Kier alpha value is -2.65. The highest BCUT2D eigenvalue weighted by Gasteiger charge is 2.20. The predicted octanol–water partition coefficient (Wildman–Crippen LogP) is 1.11. The number of sulfonamides is 1. The zero-order valence-electron chi connectivity index (χ0n) is 14.4. The van der Waals surface area contributed by atoms with Crippen LogP contribution in [0.1, 0.15) is 18.2 Å². The number of carbonyl (C=O) groups is 2. The fourth-order valence-electron chi connectivity index (χ4n) is 1.98. The second-order valence-electron chi connectivity index (χ2n) is 5.57. The molecular formula is C17H20N2O6S. The summed E-state index contributed by atoms with van der Waals surface area (Å²) in [5.74, 6) is -0.819. The molecule has 1 aromatic carbocycles. The van der Waals surface area contributed by atoms with E-state index in [0.717, 1.165) is 5.56 Å². The third-order valence-corrected chi connectivity index (χ3v) is 4.85. The minimum absolute atomic E-state index is 0.0418. The lowest BCUT2D eigenvalue weighted by molar-refractivity contribution is -0.153. The highest BCUT2D eigenvalue weighted by atomic mass is 32.2. The normalized spacial score (nSPS) is 12.4. The average Bonchev–Trinajstić information content (AvgIpc) is 3.12. The van der Waals surface area contributed by atoms with Crippen LogP contribution in [0.25, 0.3) is 0 Å². The Morgan fingerprint density at radius 2 is 1.88 bits per heavy atom. The van der Waals surface area contributed by atoms with E-state index in [1.807, 2.05) is 6.92 Å². The zero-order valence-corrected chi connectivity index (χ0v) is 15.2. The first kappa shape index (κ1) is 19.7. The Kier molecular flexibility index (Phi) is 6.53. The van der Waals surface area contributed by atoms with Crippen molar-refractivity contribution < 1.29 is 27.2 Å². The maximum absolute atomic E-state index is 12.1. The Morgan fingerprint density at radius 3 is 2.50 bits per heavy atom. The van der Waals surface area contributed by atoms with Crippen LogP contribution in [0.5, 0.6) is 0 Å². The van der Waals surface area contributed by atoms with Gasteiger partial charge in [0.15, 0.2) is 6.10 Å². The van der Waals surface area contributed by atoms with Crippen LogP contribution in [0.15, 0.2) is 52.0 Å². The molecule has 1 amide bonds. The van der Waals surface area contributed by atoms with Crippen LogP contribution in [0.2, 0.25) is 0 Å². The molecule has 1 aromatic heterocycles.